The Balaban J connectivity index is 1.44. The standard InChI is InChI=1S/C26H26N2O5/c1-15(10-12-22(29)28-21-8-4-7-20-17(21)6-5-13-27-20)9-11-18-24(30)23-19(14-33-26(23)31)16(2)25(18)32-3/h4-9,13,30H,10-12,14H2,1-3H3,(H,28,29). The Morgan fingerprint density at radius 3 is 2.88 bits per heavy atom. The number of phenols is 1. The maximum Gasteiger partial charge on any atom is 0.342 e. The highest BCUT2D eigenvalue weighted by molar-refractivity contribution is 6.01. The average molecular weight is 447 g/mol. The van der Waals surface area contributed by atoms with Gasteiger partial charge in [-0.15, -0.1) is 0 Å². The molecule has 0 bridgehead atoms. The third-order valence-electron chi connectivity index (χ3n) is 5.97. The van der Waals surface area contributed by atoms with E-state index in [-0.39, 0.29) is 23.8 Å². The monoisotopic (exact) mass is 446 g/mol. The Morgan fingerprint density at radius 1 is 1.27 bits per heavy atom. The van der Waals surface area contributed by atoms with Gasteiger partial charge in [-0.3, -0.25) is 9.78 Å². The number of rotatable bonds is 7. The number of phenolic OH excluding ortho intramolecular Hbond substituents is 1. The minimum Gasteiger partial charge on any atom is -0.507 e. The third kappa shape index (κ3) is 4.39. The summed E-state index contributed by atoms with van der Waals surface area (Å²) in [5.74, 6) is -0.150. The van der Waals surface area contributed by atoms with Gasteiger partial charge in [-0.2, -0.15) is 0 Å². The quantitative estimate of drug-likeness (QED) is 0.398. The fraction of sp³-hybridized carbons (Fsp3) is 0.269. The number of hydrogen-bond acceptors (Lipinski definition) is 6. The summed E-state index contributed by atoms with van der Waals surface area (Å²) in [5, 5.41) is 14.6. The Labute approximate surface area is 192 Å². The molecule has 7 nitrogen and oxygen atoms in total. The van der Waals surface area contributed by atoms with Crippen LogP contribution in [0.5, 0.6) is 11.5 Å². The first-order valence-electron chi connectivity index (χ1n) is 10.8. The molecule has 0 spiro atoms. The summed E-state index contributed by atoms with van der Waals surface area (Å²) in [4.78, 5) is 28.9. The number of nitrogens with zero attached hydrogens (tertiary/aromatic N) is 1. The van der Waals surface area contributed by atoms with Gasteiger partial charge >= 0.3 is 5.97 Å². The van der Waals surface area contributed by atoms with E-state index >= 15 is 0 Å². The zero-order valence-corrected chi connectivity index (χ0v) is 18.9. The molecule has 3 aromatic rings. The molecule has 0 fully saturated rings. The van der Waals surface area contributed by atoms with E-state index < -0.39 is 5.97 Å². The van der Waals surface area contributed by atoms with Crippen LogP contribution in [0.3, 0.4) is 0 Å². The van der Waals surface area contributed by atoms with E-state index in [1.807, 2.05) is 50.3 Å². The van der Waals surface area contributed by atoms with E-state index in [0.29, 0.717) is 36.1 Å². The summed E-state index contributed by atoms with van der Waals surface area (Å²) in [5.41, 5.74) is 4.78. The summed E-state index contributed by atoms with van der Waals surface area (Å²) in [6, 6.07) is 9.40. The largest absolute Gasteiger partial charge is 0.507 e. The maximum absolute atomic E-state index is 12.5. The molecule has 0 saturated carbocycles. The Hall–Kier alpha value is -3.87. The second-order valence-electron chi connectivity index (χ2n) is 8.09. The van der Waals surface area contributed by atoms with Crippen LogP contribution >= 0.6 is 0 Å². The van der Waals surface area contributed by atoms with E-state index in [1.54, 1.807) is 13.3 Å². The number of methoxy groups -OCH3 is 1. The van der Waals surface area contributed by atoms with E-state index in [1.165, 1.54) is 0 Å². The van der Waals surface area contributed by atoms with Gasteiger partial charge in [0, 0.05) is 29.1 Å². The van der Waals surface area contributed by atoms with Crippen molar-refractivity contribution in [3.8, 4) is 11.5 Å². The van der Waals surface area contributed by atoms with Gasteiger partial charge in [0.1, 0.15) is 23.7 Å². The van der Waals surface area contributed by atoms with Crippen LogP contribution in [0, 0.1) is 6.92 Å². The summed E-state index contributed by atoms with van der Waals surface area (Å²) >= 11 is 0. The van der Waals surface area contributed by atoms with Crippen molar-refractivity contribution >= 4 is 28.5 Å². The van der Waals surface area contributed by atoms with Crippen molar-refractivity contribution in [2.45, 2.75) is 39.7 Å². The Kier molecular flexibility index (Phi) is 6.31. The molecular weight excluding hydrogens is 420 g/mol. The summed E-state index contributed by atoms with van der Waals surface area (Å²) in [6.45, 7) is 3.93. The number of cyclic esters (lactones) is 1. The number of benzene rings is 2. The number of carbonyl (C=O) groups is 2. The highest BCUT2D eigenvalue weighted by atomic mass is 16.5. The lowest BCUT2D eigenvalue weighted by Gasteiger charge is -2.15. The van der Waals surface area contributed by atoms with Gasteiger partial charge in [-0.25, -0.2) is 4.79 Å². The molecule has 2 heterocycles. The van der Waals surface area contributed by atoms with Gasteiger partial charge in [-0.05, 0) is 56.5 Å². The minimum absolute atomic E-state index is 0.0874. The smallest absolute Gasteiger partial charge is 0.342 e. The first-order valence-corrected chi connectivity index (χ1v) is 10.8. The number of fused-ring (bicyclic) bond motifs is 2. The van der Waals surface area contributed by atoms with Crippen molar-refractivity contribution in [1.82, 2.24) is 4.98 Å². The number of esters is 1. The van der Waals surface area contributed by atoms with E-state index in [0.717, 1.165) is 27.7 Å². The van der Waals surface area contributed by atoms with Crippen LogP contribution in [0.4, 0.5) is 5.69 Å². The topological polar surface area (TPSA) is 97.8 Å². The van der Waals surface area contributed by atoms with E-state index in [4.69, 9.17) is 9.47 Å². The molecule has 1 aliphatic rings. The third-order valence-corrected chi connectivity index (χ3v) is 5.97. The van der Waals surface area contributed by atoms with E-state index in [2.05, 4.69) is 10.3 Å². The molecule has 0 radical (unpaired) electrons. The molecule has 0 saturated heterocycles. The van der Waals surface area contributed by atoms with Crippen molar-refractivity contribution in [3.63, 3.8) is 0 Å². The number of nitrogens with one attached hydrogen (secondary N) is 1. The SMILES string of the molecule is COc1c(C)c2c(c(O)c1CC=C(C)CCC(=O)Nc1cccc3ncccc13)C(=O)OC2. The highest BCUT2D eigenvalue weighted by Crippen LogP contribution is 2.42. The van der Waals surface area contributed by atoms with Crippen LogP contribution in [0.15, 0.2) is 48.2 Å². The highest BCUT2D eigenvalue weighted by Gasteiger charge is 2.31. The van der Waals surface area contributed by atoms with Crippen molar-refractivity contribution in [3.05, 3.63) is 70.4 Å². The molecule has 1 aliphatic heterocycles. The molecule has 33 heavy (non-hydrogen) atoms. The lowest BCUT2D eigenvalue weighted by atomic mass is 9.94. The number of aromatic nitrogens is 1. The van der Waals surface area contributed by atoms with Crippen LogP contribution in [-0.4, -0.2) is 29.1 Å². The second kappa shape index (κ2) is 9.32. The van der Waals surface area contributed by atoms with Crippen molar-refractivity contribution in [2.75, 3.05) is 12.4 Å². The normalized spacial score (nSPS) is 13.1. The zero-order chi connectivity index (χ0) is 23.5. The van der Waals surface area contributed by atoms with Crippen LogP contribution < -0.4 is 10.1 Å². The molecular formula is C26H26N2O5. The molecule has 0 aliphatic carbocycles. The molecule has 0 atom stereocenters. The van der Waals surface area contributed by atoms with Crippen molar-refractivity contribution < 1.29 is 24.2 Å². The van der Waals surface area contributed by atoms with Gasteiger partial charge in [0.25, 0.3) is 0 Å². The first kappa shape index (κ1) is 22.3. The summed E-state index contributed by atoms with van der Waals surface area (Å²) in [6.07, 6.45) is 4.92. The molecule has 0 unspecified atom stereocenters. The molecule has 170 valence electrons. The number of aromatic hydroxyl groups is 1. The van der Waals surface area contributed by atoms with Crippen molar-refractivity contribution in [2.24, 2.45) is 0 Å². The number of amides is 1. The molecule has 4 rings (SSSR count). The fourth-order valence-electron chi connectivity index (χ4n) is 4.14. The number of allylic oxidation sites excluding steroid dienone is 2. The van der Waals surface area contributed by atoms with Crippen LogP contribution in [0.2, 0.25) is 0 Å². The van der Waals surface area contributed by atoms with Crippen LogP contribution in [-0.2, 0) is 22.6 Å². The fourth-order valence-corrected chi connectivity index (χ4v) is 4.14. The lowest BCUT2D eigenvalue weighted by molar-refractivity contribution is -0.116. The van der Waals surface area contributed by atoms with Gasteiger partial charge in [0.15, 0.2) is 0 Å². The number of hydrogen-bond donors (Lipinski definition) is 2. The summed E-state index contributed by atoms with van der Waals surface area (Å²) < 4.78 is 10.6. The maximum atomic E-state index is 12.5. The number of carbonyl (C=O) groups excluding carboxylic acids is 2. The molecule has 1 amide bonds. The number of ether oxygens (including phenoxy) is 2. The van der Waals surface area contributed by atoms with Crippen LogP contribution in [0.1, 0.15) is 46.8 Å². The second-order valence-corrected chi connectivity index (χ2v) is 8.09. The van der Waals surface area contributed by atoms with Crippen LogP contribution in [0.25, 0.3) is 10.9 Å². The molecule has 2 aromatic carbocycles. The molecule has 2 N–H and O–H groups in total. The van der Waals surface area contributed by atoms with Gasteiger partial charge in [0.2, 0.25) is 5.91 Å². The average Bonchev–Trinajstić information content (AvgIpc) is 3.21. The first-order chi connectivity index (χ1) is 15.9. The molecule has 7 heteroatoms. The zero-order valence-electron chi connectivity index (χ0n) is 18.9. The van der Waals surface area contributed by atoms with Gasteiger partial charge < -0.3 is 19.9 Å². The predicted octanol–water partition coefficient (Wildman–Crippen LogP) is 4.84. The number of anilines is 1. The predicted molar refractivity (Wildman–Crippen MR) is 126 cm³/mol. The van der Waals surface area contributed by atoms with Crippen molar-refractivity contribution in [1.29, 1.82) is 0 Å². The van der Waals surface area contributed by atoms with Gasteiger partial charge in [-0.1, -0.05) is 17.7 Å². The number of pyridine rings is 1. The minimum atomic E-state index is -0.518. The van der Waals surface area contributed by atoms with E-state index in [9.17, 15) is 14.7 Å². The Bertz CT molecular complexity index is 1270. The molecule has 1 aromatic heterocycles. The Morgan fingerprint density at radius 2 is 2.09 bits per heavy atom. The summed E-state index contributed by atoms with van der Waals surface area (Å²) in [7, 11) is 1.54. The van der Waals surface area contributed by atoms with Gasteiger partial charge in [0.05, 0.1) is 18.3 Å². The lowest BCUT2D eigenvalue weighted by Crippen LogP contribution is -2.11.